The monoisotopic (exact) mass is 258 g/mol. The maximum atomic E-state index is 4.31. The molecule has 2 heterocycles. The van der Waals surface area contributed by atoms with Crippen LogP contribution in [0.2, 0.25) is 0 Å². The van der Waals surface area contributed by atoms with Gasteiger partial charge in [-0.25, -0.2) is 19.9 Å². The highest BCUT2D eigenvalue weighted by molar-refractivity contribution is 6.02. The molecule has 0 unspecified atom stereocenters. The molecule has 0 aliphatic heterocycles. The molecule has 4 nitrogen and oxygen atoms in total. The molecule has 94 valence electrons. The predicted octanol–water partition coefficient (Wildman–Crippen LogP) is 3.24. The summed E-state index contributed by atoms with van der Waals surface area (Å²) in [4.78, 5) is 16.9. The molecule has 0 aliphatic carbocycles. The number of aromatic nitrogens is 4. The second-order valence-corrected chi connectivity index (χ2v) is 4.52. The first kappa shape index (κ1) is 11.0. The van der Waals surface area contributed by atoms with Gasteiger partial charge in [-0.3, -0.25) is 0 Å². The Hall–Kier alpha value is -2.88. The number of hydrogen-bond acceptors (Lipinski definition) is 4. The van der Waals surface area contributed by atoms with Gasteiger partial charge in [-0.05, 0) is 23.3 Å². The van der Waals surface area contributed by atoms with Crippen molar-refractivity contribution in [1.29, 1.82) is 0 Å². The van der Waals surface area contributed by atoms with Gasteiger partial charge in [0, 0.05) is 23.2 Å². The van der Waals surface area contributed by atoms with Crippen LogP contribution in [-0.2, 0) is 0 Å². The lowest BCUT2D eigenvalue weighted by Gasteiger charge is -2.08. The van der Waals surface area contributed by atoms with E-state index in [1.807, 2.05) is 36.7 Å². The molecular weight excluding hydrogens is 248 g/mol. The summed E-state index contributed by atoms with van der Waals surface area (Å²) in [5.74, 6) is 0. The normalized spacial score (nSPS) is 11.0. The third-order valence-corrected chi connectivity index (χ3v) is 3.39. The number of rotatable bonds is 1. The Kier molecular flexibility index (Phi) is 2.39. The quantitative estimate of drug-likeness (QED) is 0.526. The second kappa shape index (κ2) is 4.35. The highest BCUT2D eigenvalue weighted by Gasteiger charge is 2.08. The third kappa shape index (κ3) is 1.62. The lowest BCUT2D eigenvalue weighted by Crippen LogP contribution is -1.88. The molecule has 2 aromatic carbocycles. The summed E-state index contributed by atoms with van der Waals surface area (Å²) in [6.07, 6.45) is 6.83. The molecule has 4 aromatic rings. The van der Waals surface area contributed by atoms with Gasteiger partial charge >= 0.3 is 0 Å². The van der Waals surface area contributed by atoms with E-state index < -0.39 is 0 Å². The van der Waals surface area contributed by atoms with E-state index in [0.29, 0.717) is 0 Å². The van der Waals surface area contributed by atoms with Gasteiger partial charge in [-0.2, -0.15) is 0 Å². The topological polar surface area (TPSA) is 51.6 Å². The van der Waals surface area contributed by atoms with Crippen LogP contribution in [0, 0.1) is 0 Å². The van der Waals surface area contributed by atoms with Gasteiger partial charge in [-0.1, -0.05) is 24.3 Å². The Labute approximate surface area is 115 Å². The van der Waals surface area contributed by atoms with Crippen LogP contribution in [0.1, 0.15) is 0 Å². The maximum Gasteiger partial charge on any atom is 0.116 e. The van der Waals surface area contributed by atoms with E-state index in [9.17, 15) is 0 Å². The predicted molar refractivity (Wildman–Crippen MR) is 78.1 cm³/mol. The second-order valence-electron chi connectivity index (χ2n) is 4.52. The van der Waals surface area contributed by atoms with E-state index in [2.05, 4.69) is 32.1 Å². The van der Waals surface area contributed by atoms with Crippen molar-refractivity contribution in [1.82, 2.24) is 19.9 Å². The number of benzene rings is 2. The summed E-state index contributed by atoms with van der Waals surface area (Å²) in [7, 11) is 0. The molecule has 0 bridgehead atoms. The summed E-state index contributed by atoms with van der Waals surface area (Å²) in [6, 6.07) is 12.1. The Morgan fingerprint density at radius 3 is 1.60 bits per heavy atom. The molecule has 20 heavy (non-hydrogen) atoms. The maximum absolute atomic E-state index is 4.31. The molecule has 0 N–H and O–H groups in total. The van der Waals surface area contributed by atoms with E-state index in [0.717, 1.165) is 32.9 Å². The molecule has 0 fully saturated rings. The molecule has 0 amide bonds. The highest BCUT2D eigenvalue weighted by Crippen LogP contribution is 2.31. The first-order valence-corrected chi connectivity index (χ1v) is 6.31. The molecule has 2 aromatic heterocycles. The minimum absolute atomic E-state index is 0.936. The first-order valence-electron chi connectivity index (χ1n) is 6.31. The number of nitrogens with zero attached hydrogens (tertiary/aromatic N) is 4. The van der Waals surface area contributed by atoms with Crippen LogP contribution in [0.15, 0.2) is 61.4 Å². The minimum Gasteiger partial charge on any atom is -0.244 e. The van der Waals surface area contributed by atoms with Crippen LogP contribution in [0.5, 0.6) is 0 Å². The van der Waals surface area contributed by atoms with Gasteiger partial charge in [0.05, 0.1) is 11.0 Å². The van der Waals surface area contributed by atoms with Crippen LogP contribution >= 0.6 is 0 Å². The molecule has 0 aliphatic rings. The van der Waals surface area contributed by atoms with E-state index in [4.69, 9.17) is 0 Å². The smallest absolute Gasteiger partial charge is 0.116 e. The van der Waals surface area contributed by atoms with Crippen LogP contribution < -0.4 is 0 Å². The largest absolute Gasteiger partial charge is 0.244 e. The zero-order chi connectivity index (χ0) is 13.4. The Morgan fingerprint density at radius 2 is 1.10 bits per heavy atom. The molecular formula is C16H10N4. The van der Waals surface area contributed by atoms with Crippen LogP contribution in [0.3, 0.4) is 0 Å². The summed E-state index contributed by atoms with van der Waals surface area (Å²) in [5.41, 5.74) is 4.07. The fourth-order valence-electron chi connectivity index (χ4n) is 2.48. The summed E-state index contributed by atoms with van der Waals surface area (Å²) in [5, 5.41) is 2.07. The standard InChI is InChI=1S/C16H10N4/c1-3-11(13-7-17-9-19-15(13)5-1)12-4-2-6-16-14(12)8-18-10-20-16/h1-10H. The Bertz CT molecular complexity index is 830. The van der Waals surface area contributed by atoms with Crippen molar-refractivity contribution in [2.75, 3.05) is 0 Å². The molecule has 0 saturated heterocycles. The average Bonchev–Trinajstić information content (AvgIpc) is 2.54. The van der Waals surface area contributed by atoms with Crippen LogP contribution in [0.25, 0.3) is 32.9 Å². The number of hydrogen-bond donors (Lipinski definition) is 0. The summed E-state index contributed by atoms with van der Waals surface area (Å²) in [6.45, 7) is 0. The van der Waals surface area contributed by atoms with Crippen molar-refractivity contribution in [3.8, 4) is 11.1 Å². The van der Waals surface area contributed by atoms with E-state index in [1.54, 1.807) is 12.7 Å². The average molecular weight is 258 g/mol. The lowest BCUT2D eigenvalue weighted by molar-refractivity contribution is 1.22. The van der Waals surface area contributed by atoms with Crippen molar-refractivity contribution in [2.24, 2.45) is 0 Å². The van der Waals surface area contributed by atoms with E-state index in [-0.39, 0.29) is 0 Å². The molecule has 0 radical (unpaired) electrons. The van der Waals surface area contributed by atoms with Crippen LogP contribution in [-0.4, -0.2) is 19.9 Å². The summed E-state index contributed by atoms with van der Waals surface area (Å²) < 4.78 is 0. The molecule has 4 rings (SSSR count). The SMILES string of the molecule is c1cc(-c2cccc3ncncc23)c2cncnc2c1. The van der Waals surface area contributed by atoms with E-state index in [1.165, 1.54) is 0 Å². The molecule has 0 spiro atoms. The molecule has 4 heteroatoms. The van der Waals surface area contributed by atoms with Crippen LogP contribution in [0.4, 0.5) is 0 Å². The van der Waals surface area contributed by atoms with Gasteiger partial charge in [-0.15, -0.1) is 0 Å². The van der Waals surface area contributed by atoms with E-state index >= 15 is 0 Å². The summed E-state index contributed by atoms with van der Waals surface area (Å²) >= 11 is 0. The lowest BCUT2D eigenvalue weighted by atomic mass is 9.98. The van der Waals surface area contributed by atoms with Gasteiger partial charge in [0.25, 0.3) is 0 Å². The van der Waals surface area contributed by atoms with Crippen molar-refractivity contribution in [3.63, 3.8) is 0 Å². The van der Waals surface area contributed by atoms with Gasteiger partial charge in [0.15, 0.2) is 0 Å². The Balaban J connectivity index is 2.12. The van der Waals surface area contributed by atoms with Crippen molar-refractivity contribution >= 4 is 21.8 Å². The van der Waals surface area contributed by atoms with Gasteiger partial charge < -0.3 is 0 Å². The van der Waals surface area contributed by atoms with Gasteiger partial charge in [0.1, 0.15) is 12.7 Å². The fourth-order valence-corrected chi connectivity index (χ4v) is 2.48. The zero-order valence-corrected chi connectivity index (χ0v) is 10.6. The zero-order valence-electron chi connectivity index (χ0n) is 10.6. The third-order valence-electron chi connectivity index (χ3n) is 3.39. The van der Waals surface area contributed by atoms with Crippen molar-refractivity contribution in [2.45, 2.75) is 0 Å². The highest BCUT2D eigenvalue weighted by atomic mass is 14.8. The first-order chi connectivity index (χ1) is 9.93. The molecule has 0 saturated carbocycles. The Morgan fingerprint density at radius 1 is 0.600 bits per heavy atom. The van der Waals surface area contributed by atoms with Gasteiger partial charge in [0.2, 0.25) is 0 Å². The minimum atomic E-state index is 0.936. The molecule has 0 atom stereocenters. The number of fused-ring (bicyclic) bond motifs is 2. The fraction of sp³-hybridized carbons (Fsp3) is 0. The van der Waals surface area contributed by atoms with Crippen molar-refractivity contribution < 1.29 is 0 Å². The van der Waals surface area contributed by atoms with Crippen molar-refractivity contribution in [3.05, 3.63) is 61.4 Å².